The summed E-state index contributed by atoms with van der Waals surface area (Å²) in [5.74, 6) is 1.75. The summed E-state index contributed by atoms with van der Waals surface area (Å²) in [4.78, 5) is 0. The molecule has 0 aromatic rings. The third-order valence-electron chi connectivity index (χ3n) is 3.79. The van der Waals surface area contributed by atoms with Gasteiger partial charge in [0.2, 0.25) is 0 Å². The lowest BCUT2D eigenvalue weighted by molar-refractivity contribution is 0.366. The Morgan fingerprint density at radius 2 is 1.80 bits per heavy atom. The zero-order valence-electron chi connectivity index (χ0n) is 10.2. The number of hydrogen-bond donors (Lipinski definition) is 0. The van der Waals surface area contributed by atoms with Gasteiger partial charge in [0.1, 0.15) is 0 Å². The predicted octanol–water partition coefficient (Wildman–Crippen LogP) is 4.68. The molecule has 0 aliphatic heterocycles. The van der Waals surface area contributed by atoms with Crippen molar-refractivity contribution in [1.82, 2.24) is 0 Å². The standard InChI is InChI=1S/C14H25N/c1-13(7-6-12-15)10-11-14-8-4-2-3-5-9-14/h13-14H,2-11H2,1H3. The maximum absolute atomic E-state index is 8.52. The van der Waals surface area contributed by atoms with Crippen molar-refractivity contribution in [1.29, 1.82) is 5.26 Å². The highest BCUT2D eigenvalue weighted by atomic mass is 14.2. The quantitative estimate of drug-likeness (QED) is 0.601. The Morgan fingerprint density at radius 3 is 2.40 bits per heavy atom. The van der Waals surface area contributed by atoms with E-state index in [1.807, 2.05) is 0 Å². The van der Waals surface area contributed by atoms with Gasteiger partial charge in [-0.3, -0.25) is 0 Å². The van der Waals surface area contributed by atoms with Crippen molar-refractivity contribution in [3.05, 3.63) is 0 Å². The average Bonchev–Trinajstić information content (AvgIpc) is 2.51. The van der Waals surface area contributed by atoms with E-state index in [4.69, 9.17) is 5.26 Å². The van der Waals surface area contributed by atoms with Gasteiger partial charge in [-0.2, -0.15) is 5.26 Å². The highest BCUT2D eigenvalue weighted by Gasteiger charge is 2.13. The summed E-state index contributed by atoms with van der Waals surface area (Å²) >= 11 is 0. The molecule has 0 bridgehead atoms. The average molecular weight is 207 g/mol. The Kier molecular flexibility index (Phi) is 6.48. The molecular formula is C14H25N. The van der Waals surface area contributed by atoms with Gasteiger partial charge >= 0.3 is 0 Å². The molecule has 0 aromatic heterocycles. The van der Waals surface area contributed by atoms with Crippen LogP contribution in [-0.2, 0) is 0 Å². The van der Waals surface area contributed by atoms with E-state index < -0.39 is 0 Å². The minimum atomic E-state index is 0.742. The molecule has 0 aromatic carbocycles. The topological polar surface area (TPSA) is 23.8 Å². The summed E-state index contributed by atoms with van der Waals surface area (Å²) in [5, 5.41) is 8.52. The smallest absolute Gasteiger partial charge is 0.0621 e. The first-order valence-electron chi connectivity index (χ1n) is 6.70. The Balaban J connectivity index is 2.09. The molecule has 1 unspecified atom stereocenters. The van der Waals surface area contributed by atoms with Crippen molar-refractivity contribution in [2.75, 3.05) is 0 Å². The molecule has 15 heavy (non-hydrogen) atoms. The SMILES string of the molecule is CC(CCC#N)CCC1CCCCCC1. The van der Waals surface area contributed by atoms with Crippen molar-refractivity contribution < 1.29 is 0 Å². The van der Waals surface area contributed by atoms with Crippen LogP contribution in [0.1, 0.15) is 71.1 Å². The molecule has 0 N–H and O–H groups in total. The molecule has 1 atom stereocenters. The van der Waals surface area contributed by atoms with E-state index in [-0.39, 0.29) is 0 Å². The van der Waals surface area contributed by atoms with Gasteiger partial charge in [-0.05, 0) is 18.3 Å². The normalized spacial score (nSPS) is 20.5. The van der Waals surface area contributed by atoms with Crippen LogP contribution >= 0.6 is 0 Å². The summed E-state index contributed by atoms with van der Waals surface area (Å²) in [6, 6.07) is 2.25. The molecular weight excluding hydrogens is 182 g/mol. The molecule has 0 amide bonds. The maximum Gasteiger partial charge on any atom is 0.0621 e. The molecule has 0 heterocycles. The van der Waals surface area contributed by atoms with Crippen LogP contribution in [0.25, 0.3) is 0 Å². The minimum absolute atomic E-state index is 0.742. The maximum atomic E-state index is 8.52. The molecule has 1 saturated carbocycles. The lowest BCUT2D eigenvalue weighted by atomic mass is 9.90. The van der Waals surface area contributed by atoms with E-state index in [0.717, 1.165) is 24.7 Å². The molecule has 1 rings (SSSR count). The first kappa shape index (κ1) is 12.6. The molecule has 1 fully saturated rings. The summed E-state index contributed by atoms with van der Waals surface area (Å²) < 4.78 is 0. The third kappa shape index (κ3) is 5.82. The van der Waals surface area contributed by atoms with E-state index in [0.29, 0.717) is 0 Å². The number of hydrogen-bond acceptors (Lipinski definition) is 1. The third-order valence-corrected chi connectivity index (χ3v) is 3.79. The summed E-state index contributed by atoms with van der Waals surface area (Å²) in [6.07, 6.45) is 13.3. The van der Waals surface area contributed by atoms with Gasteiger partial charge in [-0.1, -0.05) is 58.3 Å². The molecule has 1 aliphatic carbocycles. The molecule has 0 saturated heterocycles. The Morgan fingerprint density at radius 1 is 1.13 bits per heavy atom. The van der Waals surface area contributed by atoms with Crippen LogP contribution in [-0.4, -0.2) is 0 Å². The fraction of sp³-hybridized carbons (Fsp3) is 0.929. The highest BCUT2D eigenvalue weighted by Crippen LogP contribution is 2.28. The number of nitriles is 1. The molecule has 86 valence electrons. The van der Waals surface area contributed by atoms with Crippen LogP contribution in [0.15, 0.2) is 0 Å². The van der Waals surface area contributed by atoms with Gasteiger partial charge in [0, 0.05) is 6.42 Å². The highest BCUT2D eigenvalue weighted by molar-refractivity contribution is 4.72. The second-order valence-corrected chi connectivity index (χ2v) is 5.24. The van der Waals surface area contributed by atoms with Gasteiger partial charge in [0.15, 0.2) is 0 Å². The van der Waals surface area contributed by atoms with Crippen molar-refractivity contribution in [2.24, 2.45) is 11.8 Å². The molecule has 1 aliphatic rings. The van der Waals surface area contributed by atoms with Crippen LogP contribution in [0, 0.1) is 23.2 Å². The first-order valence-corrected chi connectivity index (χ1v) is 6.70. The number of nitrogens with zero attached hydrogens (tertiary/aromatic N) is 1. The van der Waals surface area contributed by atoms with Crippen molar-refractivity contribution in [2.45, 2.75) is 71.1 Å². The van der Waals surface area contributed by atoms with E-state index in [1.54, 1.807) is 0 Å². The predicted molar refractivity (Wildman–Crippen MR) is 64.4 cm³/mol. The van der Waals surface area contributed by atoms with Gasteiger partial charge in [0.05, 0.1) is 6.07 Å². The minimum Gasteiger partial charge on any atom is -0.198 e. The number of rotatable bonds is 5. The van der Waals surface area contributed by atoms with E-state index in [1.165, 1.54) is 51.4 Å². The van der Waals surface area contributed by atoms with Gasteiger partial charge in [0.25, 0.3) is 0 Å². The molecule has 1 nitrogen and oxygen atoms in total. The van der Waals surface area contributed by atoms with E-state index >= 15 is 0 Å². The fourth-order valence-corrected chi connectivity index (χ4v) is 2.63. The lowest BCUT2D eigenvalue weighted by Gasteiger charge is -2.16. The van der Waals surface area contributed by atoms with E-state index in [2.05, 4.69) is 13.0 Å². The Labute approximate surface area is 94.9 Å². The Bertz CT molecular complexity index is 184. The summed E-state index contributed by atoms with van der Waals surface area (Å²) in [5.41, 5.74) is 0. The second kappa shape index (κ2) is 7.74. The van der Waals surface area contributed by atoms with Crippen LogP contribution in [0.5, 0.6) is 0 Å². The second-order valence-electron chi connectivity index (χ2n) is 5.24. The lowest BCUT2D eigenvalue weighted by Crippen LogP contribution is -2.02. The van der Waals surface area contributed by atoms with Crippen LogP contribution in [0.4, 0.5) is 0 Å². The van der Waals surface area contributed by atoms with Crippen LogP contribution in [0.3, 0.4) is 0 Å². The molecule has 1 heteroatoms. The van der Waals surface area contributed by atoms with Crippen molar-refractivity contribution >= 4 is 0 Å². The van der Waals surface area contributed by atoms with E-state index in [9.17, 15) is 0 Å². The van der Waals surface area contributed by atoms with Crippen LogP contribution in [0.2, 0.25) is 0 Å². The van der Waals surface area contributed by atoms with Gasteiger partial charge in [-0.25, -0.2) is 0 Å². The largest absolute Gasteiger partial charge is 0.198 e. The van der Waals surface area contributed by atoms with Crippen LogP contribution < -0.4 is 0 Å². The monoisotopic (exact) mass is 207 g/mol. The summed E-state index contributed by atoms with van der Waals surface area (Å²) in [7, 11) is 0. The fourth-order valence-electron chi connectivity index (χ4n) is 2.63. The first-order chi connectivity index (χ1) is 7.33. The van der Waals surface area contributed by atoms with Gasteiger partial charge in [-0.15, -0.1) is 0 Å². The van der Waals surface area contributed by atoms with Gasteiger partial charge < -0.3 is 0 Å². The van der Waals surface area contributed by atoms with Crippen molar-refractivity contribution in [3.8, 4) is 6.07 Å². The molecule has 0 radical (unpaired) electrons. The summed E-state index contributed by atoms with van der Waals surface area (Å²) in [6.45, 7) is 2.30. The zero-order chi connectivity index (χ0) is 10.9. The Hall–Kier alpha value is -0.510. The van der Waals surface area contributed by atoms with Crippen molar-refractivity contribution in [3.63, 3.8) is 0 Å². The molecule has 0 spiro atoms. The zero-order valence-corrected chi connectivity index (χ0v) is 10.2.